The summed E-state index contributed by atoms with van der Waals surface area (Å²) in [5, 5.41) is 10.3. The Bertz CT molecular complexity index is 319. The number of hydrogen-bond acceptors (Lipinski definition) is 3. The number of carbonyl (C=O) groups is 1. The Balaban J connectivity index is 2.82. The highest BCUT2D eigenvalue weighted by atomic mass is 32.1. The van der Waals surface area contributed by atoms with Gasteiger partial charge in [0.1, 0.15) is 17.2 Å². The molecule has 1 heterocycles. The summed E-state index contributed by atoms with van der Waals surface area (Å²) in [5.74, 6) is 0. The van der Waals surface area contributed by atoms with Gasteiger partial charge in [0, 0.05) is 0 Å². The molecule has 0 aliphatic rings. The average molecular weight is 163 g/mol. The van der Waals surface area contributed by atoms with Crippen LogP contribution in [-0.2, 0) is 4.79 Å². The second kappa shape index (κ2) is 3.69. The minimum Gasteiger partial charge on any atom is -0.299 e. The lowest BCUT2D eigenvalue weighted by Crippen LogP contribution is -1.62. The van der Waals surface area contributed by atoms with E-state index >= 15 is 0 Å². The van der Waals surface area contributed by atoms with Gasteiger partial charge in [0.05, 0.1) is 0 Å². The minimum absolute atomic E-state index is 0.663. The normalized spacial score (nSPS) is 9.73. The molecule has 0 aliphatic carbocycles. The molecule has 11 heavy (non-hydrogen) atoms. The number of aldehydes is 1. The van der Waals surface area contributed by atoms with E-state index in [4.69, 9.17) is 5.26 Å². The zero-order valence-corrected chi connectivity index (χ0v) is 6.47. The van der Waals surface area contributed by atoms with E-state index in [0.717, 1.165) is 5.56 Å². The first-order valence-electron chi connectivity index (χ1n) is 2.97. The zero-order valence-electron chi connectivity index (χ0n) is 5.65. The Morgan fingerprint density at radius 1 is 1.64 bits per heavy atom. The van der Waals surface area contributed by atoms with Gasteiger partial charge in [0.25, 0.3) is 0 Å². The number of hydrogen-bond donors (Lipinski definition) is 0. The second-order valence-electron chi connectivity index (χ2n) is 1.85. The second-order valence-corrected chi connectivity index (χ2v) is 2.76. The first-order valence-corrected chi connectivity index (χ1v) is 3.85. The van der Waals surface area contributed by atoms with Crippen molar-refractivity contribution in [2.24, 2.45) is 0 Å². The monoisotopic (exact) mass is 163 g/mol. The van der Waals surface area contributed by atoms with Gasteiger partial charge in [-0.05, 0) is 23.1 Å². The van der Waals surface area contributed by atoms with Crippen molar-refractivity contribution in [2.45, 2.75) is 0 Å². The molecule has 0 spiro atoms. The van der Waals surface area contributed by atoms with Crippen LogP contribution in [0.4, 0.5) is 0 Å². The van der Waals surface area contributed by atoms with Crippen LogP contribution in [0.5, 0.6) is 0 Å². The zero-order chi connectivity index (χ0) is 8.10. The van der Waals surface area contributed by atoms with Crippen LogP contribution < -0.4 is 0 Å². The van der Waals surface area contributed by atoms with Crippen molar-refractivity contribution in [3.63, 3.8) is 0 Å². The summed E-state index contributed by atoms with van der Waals surface area (Å²) in [6.45, 7) is 0. The Hall–Kier alpha value is -1.40. The van der Waals surface area contributed by atoms with Crippen molar-refractivity contribution in [3.05, 3.63) is 28.0 Å². The summed E-state index contributed by atoms with van der Waals surface area (Å²) in [6.07, 6.45) is 3.79. The molecule has 0 fully saturated rings. The molecule has 3 heteroatoms. The standard InChI is InChI=1S/C8H5NOS/c9-5-8-4-7(6-11-8)2-1-3-10/h1-4,6H. The van der Waals surface area contributed by atoms with E-state index in [1.54, 1.807) is 12.1 Å². The summed E-state index contributed by atoms with van der Waals surface area (Å²) in [7, 11) is 0. The van der Waals surface area contributed by atoms with Crippen LogP contribution in [0.2, 0.25) is 0 Å². The molecular weight excluding hydrogens is 158 g/mol. The molecule has 0 N–H and O–H groups in total. The molecule has 0 saturated heterocycles. The van der Waals surface area contributed by atoms with Gasteiger partial charge in [-0.1, -0.05) is 6.08 Å². The molecule has 0 unspecified atom stereocenters. The number of nitriles is 1. The molecule has 0 aliphatic heterocycles. The fourth-order valence-electron chi connectivity index (χ4n) is 0.647. The highest BCUT2D eigenvalue weighted by Crippen LogP contribution is 2.14. The minimum atomic E-state index is 0.663. The predicted molar refractivity (Wildman–Crippen MR) is 44.1 cm³/mol. The summed E-state index contributed by atoms with van der Waals surface area (Å²) in [4.78, 5) is 10.6. The van der Waals surface area contributed by atoms with Gasteiger partial charge in [-0.3, -0.25) is 4.79 Å². The third-order valence-corrected chi connectivity index (χ3v) is 1.95. The van der Waals surface area contributed by atoms with E-state index in [0.29, 0.717) is 11.2 Å². The average Bonchev–Trinajstić information content (AvgIpc) is 2.48. The Kier molecular flexibility index (Phi) is 2.59. The summed E-state index contributed by atoms with van der Waals surface area (Å²) < 4.78 is 0. The van der Waals surface area contributed by atoms with Gasteiger partial charge >= 0.3 is 0 Å². The lowest BCUT2D eigenvalue weighted by atomic mass is 10.3. The van der Waals surface area contributed by atoms with Crippen LogP contribution in [0, 0.1) is 11.3 Å². The molecule has 0 radical (unpaired) electrons. The van der Waals surface area contributed by atoms with Crippen molar-refractivity contribution in [2.75, 3.05) is 0 Å². The largest absolute Gasteiger partial charge is 0.299 e. The molecule has 54 valence electrons. The Morgan fingerprint density at radius 3 is 3.00 bits per heavy atom. The van der Waals surface area contributed by atoms with Crippen molar-refractivity contribution in [1.82, 2.24) is 0 Å². The highest BCUT2D eigenvalue weighted by molar-refractivity contribution is 7.10. The molecule has 0 amide bonds. The van der Waals surface area contributed by atoms with E-state index in [1.807, 2.05) is 11.4 Å². The molecule has 1 aromatic rings. The first-order chi connectivity index (χ1) is 5.36. The Labute approximate surface area is 68.4 Å². The molecule has 0 bridgehead atoms. The number of rotatable bonds is 2. The van der Waals surface area contributed by atoms with Crippen molar-refractivity contribution in [1.29, 1.82) is 5.26 Å². The van der Waals surface area contributed by atoms with Crippen LogP contribution >= 0.6 is 11.3 Å². The van der Waals surface area contributed by atoms with Gasteiger partial charge in [-0.2, -0.15) is 5.26 Å². The third kappa shape index (κ3) is 2.03. The van der Waals surface area contributed by atoms with Gasteiger partial charge < -0.3 is 0 Å². The molecule has 1 rings (SSSR count). The Morgan fingerprint density at radius 2 is 2.45 bits per heavy atom. The molecule has 0 aromatic carbocycles. The van der Waals surface area contributed by atoms with E-state index in [-0.39, 0.29) is 0 Å². The maximum Gasteiger partial charge on any atom is 0.142 e. The predicted octanol–water partition coefficient (Wildman–Crippen LogP) is 1.83. The highest BCUT2D eigenvalue weighted by Gasteiger charge is 1.93. The number of allylic oxidation sites excluding steroid dienone is 1. The van der Waals surface area contributed by atoms with Crippen LogP contribution in [0.1, 0.15) is 10.4 Å². The van der Waals surface area contributed by atoms with E-state index < -0.39 is 0 Å². The molecule has 0 atom stereocenters. The van der Waals surface area contributed by atoms with E-state index in [2.05, 4.69) is 0 Å². The number of nitrogens with zero attached hydrogens (tertiary/aromatic N) is 1. The lowest BCUT2D eigenvalue weighted by molar-refractivity contribution is -0.104. The van der Waals surface area contributed by atoms with Gasteiger partial charge in [-0.15, -0.1) is 11.3 Å². The molecule has 0 saturated carbocycles. The van der Waals surface area contributed by atoms with Crippen LogP contribution in [-0.4, -0.2) is 6.29 Å². The first kappa shape index (κ1) is 7.70. The van der Waals surface area contributed by atoms with E-state index in [9.17, 15) is 4.79 Å². The van der Waals surface area contributed by atoms with Crippen molar-refractivity contribution in [3.8, 4) is 6.07 Å². The van der Waals surface area contributed by atoms with E-state index in [1.165, 1.54) is 17.4 Å². The SMILES string of the molecule is N#Cc1cc(C=CC=O)cs1. The fraction of sp³-hybridized carbons (Fsp3) is 0. The van der Waals surface area contributed by atoms with Crippen molar-refractivity contribution >= 4 is 23.7 Å². The number of thiophene rings is 1. The summed E-state index contributed by atoms with van der Waals surface area (Å²) in [5.41, 5.74) is 0.902. The van der Waals surface area contributed by atoms with Gasteiger partial charge in [-0.25, -0.2) is 0 Å². The van der Waals surface area contributed by atoms with Gasteiger partial charge in [0.2, 0.25) is 0 Å². The van der Waals surface area contributed by atoms with Crippen LogP contribution in [0.25, 0.3) is 6.08 Å². The molecule has 2 nitrogen and oxygen atoms in total. The maximum atomic E-state index is 9.91. The fourth-order valence-corrected chi connectivity index (χ4v) is 1.31. The maximum absolute atomic E-state index is 9.91. The molecule has 1 aromatic heterocycles. The van der Waals surface area contributed by atoms with Gasteiger partial charge in [0.15, 0.2) is 0 Å². The van der Waals surface area contributed by atoms with Crippen molar-refractivity contribution < 1.29 is 4.79 Å². The summed E-state index contributed by atoms with van der Waals surface area (Å²) in [6, 6.07) is 3.76. The smallest absolute Gasteiger partial charge is 0.142 e. The molecular formula is C8H5NOS. The lowest BCUT2D eigenvalue weighted by Gasteiger charge is -1.75. The van der Waals surface area contributed by atoms with Crippen LogP contribution in [0.3, 0.4) is 0 Å². The quantitative estimate of drug-likeness (QED) is 0.493. The number of carbonyl (C=O) groups excluding carboxylic acids is 1. The van der Waals surface area contributed by atoms with Crippen LogP contribution in [0.15, 0.2) is 17.5 Å². The third-order valence-electron chi connectivity index (χ3n) is 1.10. The summed E-state index contributed by atoms with van der Waals surface area (Å²) >= 11 is 1.37. The topological polar surface area (TPSA) is 40.9 Å².